The Morgan fingerprint density at radius 2 is 1.92 bits per heavy atom. The third-order valence-corrected chi connectivity index (χ3v) is 3.21. The number of carbonyl (C=O) groups excluding carboxylic acids is 1. The summed E-state index contributed by atoms with van der Waals surface area (Å²) in [6, 6.07) is 0. The highest BCUT2D eigenvalue weighted by Gasteiger charge is 2.72. The van der Waals surface area contributed by atoms with Crippen molar-refractivity contribution in [2.45, 2.75) is 12.6 Å². The molecule has 0 aliphatic heterocycles. The van der Waals surface area contributed by atoms with Crippen molar-refractivity contribution >= 4 is 5.91 Å². The molecule has 1 amide bonds. The fourth-order valence-corrected chi connectivity index (χ4v) is 2.42. The average molecular weight is 194 g/mol. The lowest BCUT2D eigenvalue weighted by molar-refractivity contribution is -0.306. The predicted octanol–water partition coefficient (Wildman–Crippen LogP) is 0.421. The van der Waals surface area contributed by atoms with Crippen molar-refractivity contribution < 1.29 is 18.0 Å². The first-order valence-electron chi connectivity index (χ1n) is 4.04. The number of amides is 1. The molecule has 0 aromatic heterocycles. The lowest BCUT2D eigenvalue weighted by Gasteiger charge is -2.63. The van der Waals surface area contributed by atoms with Crippen molar-refractivity contribution in [3.8, 4) is 0 Å². The Kier molecular flexibility index (Phi) is 1.61. The summed E-state index contributed by atoms with van der Waals surface area (Å²) in [5.74, 6) is 1.60. The molecule has 0 radical (unpaired) electrons. The Morgan fingerprint density at radius 3 is 2.23 bits per heavy atom. The molecule has 0 saturated heterocycles. The van der Waals surface area contributed by atoms with E-state index in [4.69, 9.17) is 5.84 Å². The van der Waals surface area contributed by atoms with Gasteiger partial charge in [0.15, 0.2) is 0 Å². The van der Waals surface area contributed by atoms with Gasteiger partial charge in [-0.1, -0.05) is 0 Å². The van der Waals surface area contributed by atoms with Gasteiger partial charge in [-0.05, 0) is 18.3 Å². The van der Waals surface area contributed by atoms with Crippen LogP contribution in [0.15, 0.2) is 0 Å². The summed E-state index contributed by atoms with van der Waals surface area (Å²) < 4.78 is 36.5. The number of alkyl halides is 3. The summed E-state index contributed by atoms with van der Waals surface area (Å²) in [5.41, 5.74) is 1.89. The molecule has 3 N–H and O–H groups in total. The van der Waals surface area contributed by atoms with E-state index >= 15 is 0 Å². The van der Waals surface area contributed by atoms with Crippen LogP contribution in [0.1, 0.15) is 6.42 Å². The second kappa shape index (κ2) is 2.37. The van der Waals surface area contributed by atoms with Gasteiger partial charge in [0.25, 0.3) is 0 Å². The van der Waals surface area contributed by atoms with Crippen LogP contribution >= 0.6 is 0 Å². The molecule has 3 nitrogen and oxygen atoms in total. The summed E-state index contributed by atoms with van der Waals surface area (Å²) in [5, 5.41) is 0. The number of carbonyl (C=O) groups is 1. The minimum Gasteiger partial charge on any atom is -0.294 e. The van der Waals surface area contributed by atoms with Crippen LogP contribution in [0, 0.1) is 23.7 Å². The molecule has 3 aliphatic rings. The van der Waals surface area contributed by atoms with E-state index in [1.54, 1.807) is 0 Å². The molecule has 3 saturated carbocycles. The normalized spacial score (nSPS) is 41.8. The zero-order valence-corrected chi connectivity index (χ0v) is 6.64. The summed E-state index contributed by atoms with van der Waals surface area (Å²) in [4.78, 5) is 10.9. The molecule has 2 atom stereocenters. The van der Waals surface area contributed by atoms with E-state index in [-0.39, 0.29) is 0 Å². The molecule has 3 aliphatic carbocycles. The van der Waals surface area contributed by atoms with E-state index in [0.29, 0.717) is 6.42 Å². The number of hydrogen-bond donors (Lipinski definition) is 2. The van der Waals surface area contributed by atoms with Crippen molar-refractivity contribution in [2.75, 3.05) is 0 Å². The van der Waals surface area contributed by atoms with Crippen LogP contribution in [0.25, 0.3) is 0 Å². The van der Waals surface area contributed by atoms with Gasteiger partial charge in [-0.15, -0.1) is 0 Å². The molecule has 3 rings (SSSR count). The minimum absolute atomic E-state index is 0.457. The van der Waals surface area contributed by atoms with Crippen molar-refractivity contribution in [1.82, 2.24) is 5.43 Å². The first-order valence-corrected chi connectivity index (χ1v) is 4.04. The quantitative estimate of drug-likeness (QED) is 0.361. The van der Waals surface area contributed by atoms with Gasteiger partial charge in [0, 0.05) is 5.92 Å². The fourth-order valence-electron chi connectivity index (χ4n) is 2.42. The molecule has 0 aromatic rings. The SMILES string of the molecule is NNC(=O)C1C2CC1C2C(F)(F)F. The maximum absolute atomic E-state index is 12.2. The summed E-state index contributed by atoms with van der Waals surface area (Å²) in [6.07, 6.45) is -3.62. The largest absolute Gasteiger partial charge is 0.392 e. The molecule has 0 aromatic carbocycles. The van der Waals surface area contributed by atoms with E-state index in [9.17, 15) is 18.0 Å². The number of hydrogen-bond acceptors (Lipinski definition) is 2. The Hall–Kier alpha value is -0.780. The minimum atomic E-state index is -4.14. The van der Waals surface area contributed by atoms with E-state index < -0.39 is 35.8 Å². The Balaban J connectivity index is 1.98. The van der Waals surface area contributed by atoms with Crippen LogP contribution in [0.5, 0.6) is 0 Å². The highest BCUT2D eigenvalue weighted by molar-refractivity contribution is 5.81. The number of rotatable bonds is 1. The van der Waals surface area contributed by atoms with Gasteiger partial charge in [0.1, 0.15) is 0 Å². The predicted molar refractivity (Wildman–Crippen MR) is 37.0 cm³/mol. The molecule has 3 fully saturated rings. The summed E-state index contributed by atoms with van der Waals surface area (Å²) in [7, 11) is 0. The first kappa shape index (κ1) is 8.80. The number of nitrogens with one attached hydrogen (secondary N) is 1. The van der Waals surface area contributed by atoms with Crippen LogP contribution in [0.3, 0.4) is 0 Å². The Labute approximate surface area is 72.4 Å². The topological polar surface area (TPSA) is 55.1 Å². The van der Waals surface area contributed by atoms with E-state index in [0.717, 1.165) is 0 Å². The van der Waals surface area contributed by atoms with Crippen LogP contribution in [0.4, 0.5) is 13.2 Å². The van der Waals surface area contributed by atoms with Gasteiger partial charge in [0.2, 0.25) is 5.91 Å². The molecule has 0 heterocycles. The van der Waals surface area contributed by atoms with Gasteiger partial charge in [-0.25, -0.2) is 5.84 Å². The second-order valence-corrected chi connectivity index (χ2v) is 3.67. The standard InChI is InChI=1S/C7H9F3N2O/c8-7(9,10)5-2-1-3(5)4(2)6(13)12-11/h2-5H,1,11H2,(H,12,13). The second-order valence-electron chi connectivity index (χ2n) is 3.67. The van der Waals surface area contributed by atoms with Crippen molar-refractivity contribution in [1.29, 1.82) is 0 Å². The van der Waals surface area contributed by atoms with Gasteiger partial charge in [-0.2, -0.15) is 13.2 Å². The Bertz CT molecular complexity index is 243. The van der Waals surface area contributed by atoms with Gasteiger partial charge >= 0.3 is 6.18 Å². The zero-order chi connectivity index (χ0) is 9.80. The smallest absolute Gasteiger partial charge is 0.294 e. The highest BCUT2D eigenvalue weighted by Crippen LogP contribution is 2.67. The molecule has 2 bridgehead atoms. The number of nitrogens with two attached hydrogens (primary N) is 1. The number of hydrazine groups is 1. The maximum atomic E-state index is 12.2. The average Bonchev–Trinajstić information content (AvgIpc) is 1.76. The molecule has 6 heteroatoms. The molecular weight excluding hydrogens is 185 g/mol. The lowest BCUT2D eigenvalue weighted by Crippen LogP contribution is -2.68. The summed E-state index contributed by atoms with van der Waals surface area (Å²) in [6.45, 7) is 0. The molecule has 74 valence electrons. The van der Waals surface area contributed by atoms with Crippen LogP contribution < -0.4 is 11.3 Å². The van der Waals surface area contributed by atoms with Crippen molar-refractivity contribution in [3.05, 3.63) is 0 Å². The van der Waals surface area contributed by atoms with Crippen LogP contribution in [-0.4, -0.2) is 12.1 Å². The number of halogens is 3. The zero-order valence-electron chi connectivity index (χ0n) is 6.64. The highest BCUT2D eigenvalue weighted by atomic mass is 19.4. The lowest BCUT2D eigenvalue weighted by atomic mass is 9.40. The molecular formula is C7H9F3N2O. The maximum Gasteiger partial charge on any atom is 0.392 e. The van der Waals surface area contributed by atoms with Gasteiger partial charge in [-0.3, -0.25) is 10.2 Å². The third-order valence-electron chi connectivity index (χ3n) is 3.21. The van der Waals surface area contributed by atoms with Crippen LogP contribution in [-0.2, 0) is 4.79 Å². The van der Waals surface area contributed by atoms with Crippen LogP contribution in [0.2, 0.25) is 0 Å². The van der Waals surface area contributed by atoms with Gasteiger partial charge in [0.05, 0.1) is 5.92 Å². The van der Waals surface area contributed by atoms with E-state index in [2.05, 4.69) is 0 Å². The first-order chi connectivity index (χ1) is 5.96. The monoisotopic (exact) mass is 194 g/mol. The van der Waals surface area contributed by atoms with Crippen molar-refractivity contribution in [2.24, 2.45) is 29.5 Å². The van der Waals surface area contributed by atoms with Gasteiger partial charge < -0.3 is 0 Å². The summed E-state index contributed by atoms with van der Waals surface area (Å²) >= 11 is 0. The molecule has 2 unspecified atom stereocenters. The Morgan fingerprint density at radius 1 is 1.38 bits per heavy atom. The molecule has 13 heavy (non-hydrogen) atoms. The van der Waals surface area contributed by atoms with E-state index in [1.807, 2.05) is 5.43 Å². The van der Waals surface area contributed by atoms with Crippen molar-refractivity contribution in [3.63, 3.8) is 0 Å². The molecule has 0 spiro atoms. The third kappa shape index (κ3) is 0.979. The van der Waals surface area contributed by atoms with E-state index in [1.165, 1.54) is 0 Å². The fraction of sp³-hybridized carbons (Fsp3) is 0.857.